The maximum absolute atomic E-state index is 15.4. The number of benzene rings is 2. The van der Waals surface area contributed by atoms with Crippen LogP contribution < -0.4 is 10.2 Å². The Bertz CT molecular complexity index is 1090. The number of anilines is 1. The highest BCUT2D eigenvalue weighted by Gasteiger charge is 2.39. The normalized spacial score (nSPS) is 18.4. The van der Waals surface area contributed by atoms with E-state index in [0.717, 1.165) is 0 Å². The van der Waals surface area contributed by atoms with Crippen LogP contribution in [0.4, 0.5) is 14.9 Å². The summed E-state index contributed by atoms with van der Waals surface area (Å²) < 4.78 is 20.7. The van der Waals surface area contributed by atoms with Crippen molar-refractivity contribution < 1.29 is 28.6 Å². The summed E-state index contributed by atoms with van der Waals surface area (Å²) in [7, 11) is 0. The number of rotatable bonds is 4. The third-order valence-corrected chi connectivity index (χ3v) is 6.30. The second-order valence-corrected chi connectivity index (χ2v) is 10.4. The number of thioether (sulfide) groups is 1. The highest BCUT2D eigenvalue weighted by Crippen LogP contribution is 2.41. The van der Waals surface area contributed by atoms with Crippen LogP contribution >= 0.6 is 23.4 Å². The summed E-state index contributed by atoms with van der Waals surface area (Å²) in [6.07, 6.45) is -0.780. The molecular formula is C23H24ClFN2O5S. The van der Waals surface area contributed by atoms with Crippen molar-refractivity contribution >= 4 is 47.0 Å². The number of amides is 2. The SMILES string of the molecule is CC1Sc2ccc(C(=O)O)c(F)c2N(Cc2ccc(Cl)cc2)C(=O)[C@H]1NC(=O)OC(C)(C)C. The highest BCUT2D eigenvalue weighted by molar-refractivity contribution is 8.00. The lowest BCUT2D eigenvalue weighted by atomic mass is 10.1. The molecule has 0 spiro atoms. The van der Waals surface area contributed by atoms with Crippen molar-refractivity contribution in [3.63, 3.8) is 0 Å². The summed E-state index contributed by atoms with van der Waals surface area (Å²) in [6, 6.07) is 8.25. The van der Waals surface area contributed by atoms with E-state index in [4.69, 9.17) is 16.3 Å². The van der Waals surface area contributed by atoms with Crippen molar-refractivity contribution in [1.29, 1.82) is 0 Å². The number of halogens is 2. The summed E-state index contributed by atoms with van der Waals surface area (Å²) in [5.74, 6) is -3.05. The quantitative estimate of drug-likeness (QED) is 0.614. The minimum absolute atomic E-state index is 0.0528. The Morgan fingerprint density at radius 3 is 2.42 bits per heavy atom. The van der Waals surface area contributed by atoms with Crippen molar-refractivity contribution in [3.8, 4) is 0 Å². The molecule has 7 nitrogen and oxygen atoms in total. The highest BCUT2D eigenvalue weighted by atomic mass is 35.5. The molecule has 0 aliphatic carbocycles. The number of nitrogens with one attached hydrogen (secondary N) is 1. The van der Waals surface area contributed by atoms with Crippen molar-refractivity contribution in [3.05, 3.63) is 58.4 Å². The molecule has 10 heteroatoms. The number of carboxylic acids is 1. The Balaban J connectivity index is 2.07. The lowest BCUT2D eigenvalue weighted by molar-refractivity contribution is -0.120. The van der Waals surface area contributed by atoms with E-state index in [1.54, 1.807) is 52.0 Å². The van der Waals surface area contributed by atoms with Gasteiger partial charge >= 0.3 is 12.1 Å². The van der Waals surface area contributed by atoms with Crippen LogP contribution in [-0.4, -0.2) is 40.0 Å². The molecule has 1 unspecified atom stereocenters. The van der Waals surface area contributed by atoms with Gasteiger partial charge < -0.3 is 20.1 Å². The van der Waals surface area contributed by atoms with E-state index in [1.807, 2.05) is 0 Å². The molecular weight excluding hydrogens is 471 g/mol. The third-order valence-electron chi connectivity index (χ3n) is 4.82. The minimum atomic E-state index is -1.44. The Morgan fingerprint density at radius 2 is 1.85 bits per heavy atom. The van der Waals surface area contributed by atoms with E-state index in [2.05, 4.69) is 5.32 Å². The fourth-order valence-corrected chi connectivity index (χ4v) is 4.65. The van der Waals surface area contributed by atoms with Gasteiger partial charge in [0.05, 0.1) is 17.8 Å². The topological polar surface area (TPSA) is 95.9 Å². The third kappa shape index (κ3) is 5.78. The van der Waals surface area contributed by atoms with Crippen LogP contribution in [0.15, 0.2) is 41.3 Å². The standard InChI is InChI=1S/C23H24ClFN2O5S/c1-12-18(26-22(31)32-23(2,3)4)20(28)27(11-13-5-7-14(24)8-6-13)19-16(33-12)10-9-15(17(19)25)21(29)30/h5-10,12,18H,11H2,1-4H3,(H,26,31)(H,29,30)/t12?,18-/m0/s1. The van der Waals surface area contributed by atoms with Crippen LogP contribution in [0.3, 0.4) is 0 Å². The van der Waals surface area contributed by atoms with Gasteiger partial charge in [0.1, 0.15) is 11.6 Å². The van der Waals surface area contributed by atoms with Crippen LogP contribution in [0, 0.1) is 5.82 Å². The Kier molecular flexibility index (Phi) is 7.23. The first-order valence-electron chi connectivity index (χ1n) is 10.1. The molecule has 2 aromatic carbocycles. The molecule has 2 amide bonds. The first-order chi connectivity index (χ1) is 15.4. The average molecular weight is 495 g/mol. The van der Waals surface area contributed by atoms with Crippen molar-refractivity contribution in [1.82, 2.24) is 5.32 Å². The number of aromatic carboxylic acids is 1. The van der Waals surface area contributed by atoms with Crippen molar-refractivity contribution in [2.45, 2.75) is 56.0 Å². The predicted molar refractivity (Wildman–Crippen MR) is 124 cm³/mol. The van der Waals surface area contributed by atoms with Crippen LogP contribution in [0.2, 0.25) is 5.02 Å². The maximum Gasteiger partial charge on any atom is 0.408 e. The number of fused-ring (bicyclic) bond motifs is 1. The van der Waals surface area contributed by atoms with E-state index in [0.29, 0.717) is 15.5 Å². The Hall–Kier alpha value is -2.78. The van der Waals surface area contributed by atoms with Crippen LogP contribution in [0.25, 0.3) is 0 Å². The molecule has 1 heterocycles. The largest absolute Gasteiger partial charge is 0.478 e. The van der Waals surface area contributed by atoms with E-state index < -0.39 is 46.2 Å². The van der Waals surface area contributed by atoms with Crippen molar-refractivity contribution in [2.24, 2.45) is 0 Å². The number of ether oxygens (including phenoxy) is 1. The second kappa shape index (κ2) is 9.61. The van der Waals surface area contributed by atoms with Crippen LogP contribution in [-0.2, 0) is 16.1 Å². The molecule has 0 radical (unpaired) electrons. The molecule has 0 aromatic heterocycles. The Morgan fingerprint density at radius 1 is 1.21 bits per heavy atom. The molecule has 2 aromatic rings. The van der Waals surface area contributed by atoms with E-state index >= 15 is 4.39 Å². The molecule has 0 saturated heterocycles. The molecule has 1 aliphatic rings. The summed E-state index contributed by atoms with van der Waals surface area (Å²) >= 11 is 7.12. The van der Waals surface area contributed by atoms with Gasteiger partial charge in [0, 0.05) is 15.2 Å². The number of nitrogens with zero attached hydrogens (tertiary/aromatic N) is 1. The fraction of sp³-hybridized carbons (Fsp3) is 0.348. The predicted octanol–water partition coefficient (Wildman–Crippen LogP) is 5.10. The maximum atomic E-state index is 15.4. The van der Waals surface area contributed by atoms with Crippen molar-refractivity contribution in [2.75, 3.05) is 4.90 Å². The zero-order chi connectivity index (χ0) is 24.5. The number of alkyl carbamates (subject to hydrolysis) is 1. The summed E-state index contributed by atoms with van der Waals surface area (Å²) in [6.45, 7) is 6.77. The lowest BCUT2D eigenvalue weighted by Gasteiger charge is -2.29. The first kappa shape index (κ1) is 24.9. The van der Waals surface area contributed by atoms with Gasteiger partial charge in [-0.05, 0) is 50.6 Å². The van der Waals surface area contributed by atoms with Gasteiger partial charge in [0.15, 0.2) is 5.82 Å². The first-order valence-corrected chi connectivity index (χ1v) is 11.4. The summed E-state index contributed by atoms with van der Waals surface area (Å²) in [5, 5.41) is 12.0. The number of carboxylic acid groups (broad SMARTS) is 1. The zero-order valence-electron chi connectivity index (χ0n) is 18.5. The fourth-order valence-electron chi connectivity index (χ4n) is 3.35. The Labute approximate surface area is 200 Å². The molecule has 0 saturated carbocycles. The average Bonchev–Trinajstić information content (AvgIpc) is 2.79. The lowest BCUT2D eigenvalue weighted by Crippen LogP contribution is -2.53. The summed E-state index contributed by atoms with van der Waals surface area (Å²) in [5.41, 5.74) is -0.813. The number of hydrogen-bond donors (Lipinski definition) is 2. The van der Waals surface area contributed by atoms with E-state index in [-0.39, 0.29) is 12.2 Å². The molecule has 2 N–H and O–H groups in total. The van der Waals surface area contributed by atoms with Gasteiger partial charge in [-0.2, -0.15) is 0 Å². The van der Waals surface area contributed by atoms with Gasteiger partial charge in [-0.1, -0.05) is 30.7 Å². The number of carbonyl (C=O) groups is 3. The van der Waals surface area contributed by atoms with Gasteiger partial charge in [-0.3, -0.25) is 4.79 Å². The van der Waals surface area contributed by atoms with Crippen LogP contribution in [0.1, 0.15) is 43.6 Å². The second-order valence-electron chi connectivity index (χ2n) is 8.58. The zero-order valence-corrected chi connectivity index (χ0v) is 20.1. The molecule has 3 rings (SSSR count). The molecule has 33 heavy (non-hydrogen) atoms. The van der Waals surface area contributed by atoms with Gasteiger partial charge in [-0.15, -0.1) is 11.8 Å². The van der Waals surface area contributed by atoms with Gasteiger partial charge in [0.25, 0.3) is 5.91 Å². The number of hydrogen-bond acceptors (Lipinski definition) is 5. The van der Waals surface area contributed by atoms with Gasteiger partial charge in [0.2, 0.25) is 0 Å². The smallest absolute Gasteiger partial charge is 0.408 e. The van der Waals surface area contributed by atoms with Crippen LogP contribution in [0.5, 0.6) is 0 Å². The molecule has 2 atom stereocenters. The minimum Gasteiger partial charge on any atom is -0.478 e. The van der Waals surface area contributed by atoms with E-state index in [9.17, 15) is 19.5 Å². The molecule has 0 bridgehead atoms. The molecule has 176 valence electrons. The molecule has 1 aliphatic heterocycles. The van der Waals surface area contributed by atoms with Gasteiger partial charge in [-0.25, -0.2) is 14.0 Å². The monoisotopic (exact) mass is 494 g/mol. The number of carbonyl (C=O) groups excluding carboxylic acids is 2. The van der Waals surface area contributed by atoms with E-state index in [1.165, 1.54) is 28.8 Å². The molecule has 0 fully saturated rings. The summed E-state index contributed by atoms with van der Waals surface area (Å²) in [4.78, 5) is 39.2.